The number of benzene rings is 1. The Balaban J connectivity index is 1.82. The Bertz CT molecular complexity index is 726. The molecule has 0 radical (unpaired) electrons. The number of nitrogens with one attached hydrogen (secondary N) is 2. The summed E-state index contributed by atoms with van der Waals surface area (Å²) in [6, 6.07) is 9.62. The van der Waals surface area contributed by atoms with Crippen molar-refractivity contribution in [2.45, 2.75) is 0 Å². The van der Waals surface area contributed by atoms with Crippen LogP contribution in [0.5, 0.6) is 0 Å². The lowest BCUT2D eigenvalue weighted by Gasteiger charge is -2.00. The van der Waals surface area contributed by atoms with E-state index in [2.05, 4.69) is 25.5 Å². The molecule has 3 rings (SSSR count). The maximum absolute atomic E-state index is 12.9. The van der Waals surface area contributed by atoms with E-state index in [1.165, 1.54) is 12.1 Å². The molecule has 5 nitrogen and oxygen atoms in total. The van der Waals surface area contributed by atoms with E-state index in [0.29, 0.717) is 11.6 Å². The number of nitrogens with zero attached hydrogens (tertiary/aromatic N) is 3. The molecule has 20 heavy (non-hydrogen) atoms. The van der Waals surface area contributed by atoms with Gasteiger partial charge in [0.05, 0.1) is 5.69 Å². The summed E-state index contributed by atoms with van der Waals surface area (Å²) >= 11 is 5.70. The van der Waals surface area contributed by atoms with Crippen LogP contribution < -0.4 is 5.32 Å². The Morgan fingerprint density at radius 1 is 1.10 bits per heavy atom. The van der Waals surface area contributed by atoms with Gasteiger partial charge in [-0.25, -0.2) is 14.4 Å². The second kappa shape index (κ2) is 5.26. The third-order valence-corrected chi connectivity index (χ3v) is 2.80. The van der Waals surface area contributed by atoms with E-state index in [4.69, 9.17) is 11.6 Å². The van der Waals surface area contributed by atoms with Crippen LogP contribution >= 0.6 is 11.6 Å². The predicted octanol–water partition coefficient (Wildman–Crippen LogP) is 3.40. The number of halogens is 2. The van der Waals surface area contributed by atoms with Crippen molar-refractivity contribution in [1.82, 2.24) is 20.2 Å². The van der Waals surface area contributed by atoms with Gasteiger partial charge in [-0.2, -0.15) is 5.10 Å². The predicted molar refractivity (Wildman–Crippen MR) is 74.3 cm³/mol. The van der Waals surface area contributed by atoms with Crippen molar-refractivity contribution in [1.29, 1.82) is 0 Å². The third kappa shape index (κ3) is 2.75. The average Bonchev–Trinajstić information content (AvgIpc) is 2.88. The van der Waals surface area contributed by atoms with Gasteiger partial charge in [-0.05, 0) is 47.5 Å². The molecule has 2 aromatic heterocycles. The first-order valence-electron chi connectivity index (χ1n) is 5.77. The second-order valence-corrected chi connectivity index (χ2v) is 4.35. The molecular weight excluding hydrogens is 281 g/mol. The van der Waals surface area contributed by atoms with E-state index < -0.39 is 0 Å². The summed E-state index contributed by atoms with van der Waals surface area (Å²) in [5.41, 5.74) is 1.61. The van der Waals surface area contributed by atoms with E-state index in [1.807, 2.05) is 0 Å². The lowest BCUT2D eigenvalue weighted by atomic mass is 10.1. The highest BCUT2D eigenvalue weighted by atomic mass is 35.5. The molecule has 100 valence electrons. The smallest absolute Gasteiger partial charge is 0.224 e. The van der Waals surface area contributed by atoms with Crippen molar-refractivity contribution in [2.24, 2.45) is 0 Å². The van der Waals surface area contributed by atoms with Gasteiger partial charge in [-0.3, -0.25) is 5.10 Å². The molecular formula is C13H9ClFN5. The highest BCUT2D eigenvalue weighted by Crippen LogP contribution is 2.21. The lowest BCUT2D eigenvalue weighted by molar-refractivity contribution is 0.628. The summed E-state index contributed by atoms with van der Waals surface area (Å²) in [5.74, 6) is 0.850. The molecule has 0 aliphatic carbocycles. The topological polar surface area (TPSA) is 66.5 Å². The molecule has 0 atom stereocenters. The molecule has 0 fully saturated rings. The second-order valence-electron chi connectivity index (χ2n) is 4.01. The van der Waals surface area contributed by atoms with Gasteiger partial charge in [0.1, 0.15) is 11.6 Å². The van der Waals surface area contributed by atoms with Gasteiger partial charge in [0.25, 0.3) is 0 Å². The molecule has 0 saturated carbocycles. The first-order chi connectivity index (χ1) is 9.70. The maximum Gasteiger partial charge on any atom is 0.224 e. The molecule has 0 aliphatic rings. The van der Waals surface area contributed by atoms with Crippen molar-refractivity contribution in [3.63, 3.8) is 0 Å². The van der Waals surface area contributed by atoms with Crippen molar-refractivity contribution >= 4 is 23.2 Å². The van der Waals surface area contributed by atoms with Gasteiger partial charge in [-0.15, -0.1) is 0 Å². The standard InChI is InChI=1S/C13H9ClFN5/c14-13-16-6-5-11(18-13)17-12-7-10(19-20-12)8-1-3-9(15)4-2-8/h1-7H,(H2,16,17,18,19,20). The quantitative estimate of drug-likeness (QED) is 0.725. The average molecular weight is 290 g/mol. The van der Waals surface area contributed by atoms with Crippen molar-refractivity contribution in [3.8, 4) is 11.3 Å². The van der Waals surface area contributed by atoms with Crippen LogP contribution in [-0.2, 0) is 0 Å². The summed E-state index contributed by atoms with van der Waals surface area (Å²) in [6.45, 7) is 0. The summed E-state index contributed by atoms with van der Waals surface area (Å²) in [7, 11) is 0. The highest BCUT2D eigenvalue weighted by molar-refractivity contribution is 6.28. The fraction of sp³-hybridized carbons (Fsp3) is 0. The molecule has 0 amide bonds. The number of H-pyrrole nitrogens is 1. The SMILES string of the molecule is Fc1ccc(-c2cc(Nc3ccnc(Cl)n3)n[nH]2)cc1. The summed E-state index contributed by atoms with van der Waals surface area (Å²) < 4.78 is 12.9. The van der Waals surface area contributed by atoms with Crippen LogP contribution in [0.2, 0.25) is 5.28 Å². The number of aromatic nitrogens is 4. The van der Waals surface area contributed by atoms with E-state index in [-0.39, 0.29) is 11.1 Å². The minimum atomic E-state index is -0.276. The molecule has 1 aromatic carbocycles. The largest absolute Gasteiger partial charge is 0.323 e. The molecule has 0 spiro atoms. The van der Waals surface area contributed by atoms with Crippen LogP contribution in [0.4, 0.5) is 16.0 Å². The number of rotatable bonds is 3. The summed E-state index contributed by atoms with van der Waals surface area (Å²) in [4.78, 5) is 7.79. The Labute approximate surface area is 118 Å². The number of hydrogen-bond donors (Lipinski definition) is 2. The van der Waals surface area contributed by atoms with Crippen LogP contribution in [0, 0.1) is 5.82 Å². The molecule has 2 heterocycles. The zero-order chi connectivity index (χ0) is 13.9. The summed E-state index contributed by atoms with van der Waals surface area (Å²) in [6.07, 6.45) is 1.55. The molecule has 0 aliphatic heterocycles. The van der Waals surface area contributed by atoms with Crippen LogP contribution in [0.1, 0.15) is 0 Å². The zero-order valence-electron chi connectivity index (χ0n) is 10.1. The Morgan fingerprint density at radius 3 is 2.65 bits per heavy atom. The van der Waals surface area contributed by atoms with Crippen molar-refractivity contribution in [2.75, 3.05) is 5.32 Å². The van der Waals surface area contributed by atoms with Crippen LogP contribution in [0.15, 0.2) is 42.6 Å². The van der Waals surface area contributed by atoms with Gasteiger partial charge < -0.3 is 5.32 Å². The van der Waals surface area contributed by atoms with Crippen LogP contribution in [0.3, 0.4) is 0 Å². The third-order valence-electron chi connectivity index (χ3n) is 2.62. The Morgan fingerprint density at radius 2 is 1.90 bits per heavy atom. The van der Waals surface area contributed by atoms with E-state index in [9.17, 15) is 4.39 Å². The highest BCUT2D eigenvalue weighted by Gasteiger charge is 2.05. The maximum atomic E-state index is 12.9. The van der Waals surface area contributed by atoms with Gasteiger partial charge in [0.2, 0.25) is 5.28 Å². The minimum absolute atomic E-state index is 0.157. The first kappa shape index (κ1) is 12.6. The van der Waals surface area contributed by atoms with Gasteiger partial charge >= 0.3 is 0 Å². The van der Waals surface area contributed by atoms with Gasteiger partial charge in [0, 0.05) is 12.3 Å². The normalized spacial score (nSPS) is 10.5. The zero-order valence-corrected chi connectivity index (χ0v) is 10.9. The van der Waals surface area contributed by atoms with Gasteiger partial charge in [-0.1, -0.05) is 0 Å². The fourth-order valence-electron chi connectivity index (χ4n) is 1.70. The number of aromatic amines is 1. The van der Waals surface area contributed by atoms with Gasteiger partial charge in [0.15, 0.2) is 5.82 Å². The number of anilines is 2. The fourth-order valence-corrected chi connectivity index (χ4v) is 1.85. The van der Waals surface area contributed by atoms with Crippen LogP contribution in [0.25, 0.3) is 11.3 Å². The van der Waals surface area contributed by atoms with E-state index in [0.717, 1.165) is 11.3 Å². The Kier molecular flexibility index (Phi) is 3.30. The molecule has 0 saturated heterocycles. The monoisotopic (exact) mass is 289 g/mol. The minimum Gasteiger partial charge on any atom is -0.323 e. The molecule has 2 N–H and O–H groups in total. The van der Waals surface area contributed by atoms with Crippen molar-refractivity contribution in [3.05, 3.63) is 53.7 Å². The Hall–Kier alpha value is -2.47. The van der Waals surface area contributed by atoms with Crippen molar-refractivity contribution < 1.29 is 4.39 Å². The molecule has 7 heteroatoms. The van der Waals surface area contributed by atoms with E-state index >= 15 is 0 Å². The lowest BCUT2D eigenvalue weighted by Crippen LogP contribution is -1.94. The first-order valence-corrected chi connectivity index (χ1v) is 6.15. The summed E-state index contributed by atoms with van der Waals surface area (Å²) in [5, 5.41) is 10.1. The number of hydrogen-bond acceptors (Lipinski definition) is 4. The molecule has 0 bridgehead atoms. The van der Waals surface area contributed by atoms with E-state index in [1.54, 1.807) is 30.5 Å². The molecule has 0 unspecified atom stereocenters. The van der Waals surface area contributed by atoms with Crippen LogP contribution in [-0.4, -0.2) is 20.2 Å². The molecule has 3 aromatic rings.